The molecule has 3 aromatic rings. The molecule has 7 nitrogen and oxygen atoms in total. The number of benzene rings is 3. The fourth-order valence-corrected chi connectivity index (χ4v) is 5.80. The highest BCUT2D eigenvalue weighted by Gasteiger charge is 2.46. The van der Waals surface area contributed by atoms with E-state index in [0.29, 0.717) is 35.2 Å². The average molecular weight is 490 g/mol. The molecule has 180 valence electrons. The van der Waals surface area contributed by atoms with Gasteiger partial charge in [-0.05, 0) is 29.3 Å². The van der Waals surface area contributed by atoms with Crippen LogP contribution in [0.15, 0.2) is 77.7 Å². The third-order valence-corrected chi connectivity index (χ3v) is 7.66. The van der Waals surface area contributed by atoms with E-state index in [2.05, 4.69) is 6.07 Å². The molecule has 4 rings (SSSR count). The van der Waals surface area contributed by atoms with Gasteiger partial charge in [0.25, 0.3) is 0 Å². The highest BCUT2D eigenvalue weighted by molar-refractivity contribution is 7.89. The Balaban J connectivity index is 1.62. The smallest absolute Gasteiger partial charge is 0.299 e. The zero-order chi connectivity index (χ0) is 25.2. The number of sulfonamides is 1. The summed E-state index contributed by atoms with van der Waals surface area (Å²) in [4.78, 5) is 15.1. The Labute approximate surface area is 206 Å². The number of primary sulfonamides is 1. The fraction of sp³-hybridized carbons (Fsp3) is 0.259. The van der Waals surface area contributed by atoms with Crippen molar-refractivity contribution in [2.45, 2.75) is 23.8 Å². The van der Waals surface area contributed by atoms with Crippen LogP contribution in [0.5, 0.6) is 0 Å². The molecule has 2 atom stereocenters. The predicted molar refractivity (Wildman–Crippen MR) is 135 cm³/mol. The quantitative estimate of drug-likeness (QED) is 0.546. The molecule has 2 amide bonds. The number of nitriles is 1. The van der Waals surface area contributed by atoms with Crippen molar-refractivity contribution < 1.29 is 17.7 Å². The maximum atomic E-state index is 13.4. The summed E-state index contributed by atoms with van der Waals surface area (Å²) in [6.07, 6.45) is 0.855. The lowest BCUT2D eigenvalue weighted by atomic mass is 9.97. The van der Waals surface area contributed by atoms with E-state index >= 15 is 0 Å². The minimum absolute atomic E-state index is 0.0487. The van der Waals surface area contributed by atoms with E-state index in [9.17, 15) is 18.5 Å². The van der Waals surface area contributed by atoms with Gasteiger partial charge in [0.2, 0.25) is 10.0 Å². The Morgan fingerprint density at radius 1 is 1.09 bits per heavy atom. The number of nitrogens with two attached hydrogens (primary N) is 1. The zero-order valence-electron chi connectivity index (χ0n) is 19.9. The first-order chi connectivity index (χ1) is 16.6. The van der Waals surface area contributed by atoms with Gasteiger partial charge in [-0.1, -0.05) is 54.6 Å². The summed E-state index contributed by atoms with van der Waals surface area (Å²) in [5, 5.41) is 14.7. The molecule has 0 aromatic heterocycles. The lowest BCUT2D eigenvalue weighted by molar-refractivity contribution is -0.855. The lowest BCUT2D eigenvalue weighted by Crippen LogP contribution is -2.54. The SMILES string of the molecule is CN(C)C(=O)[N@+]1(Cc2ccc(-c3ccccc3S(N)(=O)=O)cc2)CC[C@H](c2cccc(C#N)c2)C1. The molecule has 3 aromatic carbocycles. The number of quaternary nitrogens is 1. The maximum absolute atomic E-state index is 13.4. The van der Waals surface area contributed by atoms with Crippen molar-refractivity contribution in [2.75, 3.05) is 27.2 Å². The Bertz CT molecular complexity index is 1390. The van der Waals surface area contributed by atoms with Crippen molar-refractivity contribution in [3.8, 4) is 17.2 Å². The topological polar surface area (TPSA) is 104 Å². The molecular formula is C27H29N4O3S+. The molecule has 0 spiro atoms. The summed E-state index contributed by atoms with van der Waals surface area (Å²) in [6.45, 7) is 1.89. The number of likely N-dealkylation sites (tertiary alicyclic amines) is 1. The molecule has 0 saturated carbocycles. The Kier molecular flexibility index (Phi) is 6.77. The van der Waals surface area contributed by atoms with Crippen molar-refractivity contribution in [3.05, 3.63) is 89.5 Å². The van der Waals surface area contributed by atoms with Crippen LogP contribution in [-0.4, -0.2) is 51.0 Å². The molecule has 0 unspecified atom stereocenters. The standard InChI is InChI=1S/C27H29N4O3S/c1-30(2)27(32)31(15-14-24(19-31)23-7-5-6-21(16-23)17-28)18-20-10-12-22(13-11-20)25-8-3-4-9-26(25)35(29,33)34/h3-13,16,24H,14-15,18-19H2,1-2H3,(H2,29,33,34)/q+1/t24-,31-/m0/s1. The van der Waals surface area contributed by atoms with Gasteiger partial charge in [-0.3, -0.25) is 4.90 Å². The molecule has 1 heterocycles. The summed E-state index contributed by atoms with van der Waals surface area (Å²) in [6, 6.07) is 24.2. The van der Waals surface area contributed by atoms with Crippen LogP contribution in [0.4, 0.5) is 4.79 Å². The Hall–Kier alpha value is -3.51. The molecule has 0 bridgehead atoms. The molecule has 1 aliphatic heterocycles. The van der Waals surface area contributed by atoms with E-state index in [1.807, 2.05) is 42.5 Å². The molecule has 35 heavy (non-hydrogen) atoms. The molecule has 1 aliphatic rings. The first-order valence-corrected chi connectivity index (χ1v) is 13.0. The molecule has 2 N–H and O–H groups in total. The minimum atomic E-state index is -3.85. The second-order valence-corrected chi connectivity index (χ2v) is 10.9. The molecule has 1 saturated heterocycles. The van der Waals surface area contributed by atoms with Gasteiger partial charge in [0.15, 0.2) is 0 Å². The van der Waals surface area contributed by atoms with Crippen LogP contribution < -0.4 is 5.14 Å². The second-order valence-electron chi connectivity index (χ2n) is 9.35. The van der Waals surface area contributed by atoms with Gasteiger partial charge in [-0.15, -0.1) is 0 Å². The minimum Gasteiger partial charge on any atom is -0.299 e. The fourth-order valence-electron chi connectivity index (χ4n) is 5.04. The van der Waals surface area contributed by atoms with Gasteiger partial charge in [0.1, 0.15) is 6.54 Å². The van der Waals surface area contributed by atoms with Gasteiger partial charge in [0.05, 0.1) is 29.6 Å². The number of hydrogen-bond acceptors (Lipinski definition) is 4. The van der Waals surface area contributed by atoms with Crippen molar-refractivity contribution >= 4 is 16.1 Å². The summed E-state index contributed by atoms with van der Waals surface area (Å²) in [5.74, 6) is 0.188. The average Bonchev–Trinajstić information content (AvgIpc) is 3.28. The van der Waals surface area contributed by atoms with E-state index in [4.69, 9.17) is 5.14 Å². The van der Waals surface area contributed by atoms with Crippen LogP contribution in [0.3, 0.4) is 0 Å². The molecule has 0 radical (unpaired) electrons. The summed E-state index contributed by atoms with van der Waals surface area (Å²) in [5.41, 5.74) is 4.00. The Morgan fingerprint density at radius 3 is 2.46 bits per heavy atom. The highest BCUT2D eigenvalue weighted by atomic mass is 32.2. The van der Waals surface area contributed by atoms with Crippen molar-refractivity contribution in [1.29, 1.82) is 5.26 Å². The van der Waals surface area contributed by atoms with Crippen molar-refractivity contribution in [2.24, 2.45) is 5.14 Å². The predicted octanol–water partition coefficient (Wildman–Crippen LogP) is 4.06. The third-order valence-electron chi connectivity index (χ3n) is 6.69. The van der Waals surface area contributed by atoms with Crippen LogP contribution in [0.2, 0.25) is 0 Å². The molecular weight excluding hydrogens is 460 g/mol. The normalized spacial score (nSPS) is 19.8. The van der Waals surface area contributed by atoms with Gasteiger partial charge in [-0.2, -0.15) is 5.26 Å². The van der Waals surface area contributed by atoms with E-state index in [0.717, 1.165) is 23.1 Å². The zero-order valence-corrected chi connectivity index (χ0v) is 20.7. The third kappa shape index (κ3) is 5.13. The maximum Gasteiger partial charge on any atom is 0.418 e. The summed E-state index contributed by atoms with van der Waals surface area (Å²) in [7, 11) is -0.298. The van der Waals surface area contributed by atoms with E-state index in [-0.39, 0.29) is 16.8 Å². The van der Waals surface area contributed by atoms with Crippen molar-refractivity contribution in [1.82, 2.24) is 4.90 Å². The van der Waals surface area contributed by atoms with Crippen molar-refractivity contribution in [3.63, 3.8) is 0 Å². The number of rotatable bonds is 5. The number of hydrogen-bond donors (Lipinski definition) is 1. The van der Waals surface area contributed by atoms with Crippen LogP contribution in [0, 0.1) is 11.3 Å². The highest BCUT2D eigenvalue weighted by Crippen LogP contribution is 2.36. The largest absolute Gasteiger partial charge is 0.418 e. The van der Waals surface area contributed by atoms with Crippen LogP contribution in [0.25, 0.3) is 11.1 Å². The first-order valence-electron chi connectivity index (χ1n) is 11.4. The number of carbonyl (C=O) groups is 1. The second kappa shape index (κ2) is 9.62. The Morgan fingerprint density at radius 2 is 1.80 bits per heavy atom. The lowest BCUT2D eigenvalue weighted by Gasteiger charge is -2.34. The first kappa shape index (κ1) is 24.6. The summed E-state index contributed by atoms with van der Waals surface area (Å²) < 4.78 is 24.3. The number of carbonyl (C=O) groups excluding carboxylic acids is 1. The molecule has 1 fully saturated rings. The van der Waals surface area contributed by atoms with E-state index in [1.165, 1.54) is 6.07 Å². The van der Waals surface area contributed by atoms with Gasteiger partial charge in [0, 0.05) is 37.6 Å². The number of nitrogens with zero attached hydrogens (tertiary/aromatic N) is 3. The number of amides is 2. The molecule has 8 heteroatoms. The van der Waals surface area contributed by atoms with Gasteiger partial charge >= 0.3 is 6.03 Å². The van der Waals surface area contributed by atoms with Crippen LogP contribution >= 0.6 is 0 Å². The van der Waals surface area contributed by atoms with E-state index < -0.39 is 10.0 Å². The van der Waals surface area contributed by atoms with Gasteiger partial charge in [-0.25, -0.2) is 22.8 Å². The summed E-state index contributed by atoms with van der Waals surface area (Å²) >= 11 is 0. The van der Waals surface area contributed by atoms with E-state index in [1.54, 1.807) is 43.3 Å². The van der Waals surface area contributed by atoms with Gasteiger partial charge < -0.3 is 0 Å². The molecule has 0 aliphatic carbocycles. The van der Waals surface area contributed by atoms with Crippen LogP contribution in [-0.2, 0) is 16.6 Å². The van der Waals surface area contributed by atoms with Crippen LogP contribution in [0.1, 0.15) is 29.0 Å². The number of urea groups is 1. The monoisotopic (exact) mass is 489 g/mol.